The predicted octanol–water partition coefficient (Wildman–Crippen LogP) is 3.27. The first kappa shape index (κ1) is 20.5. The van der Waals surface area contributed by atoms with E-state index in [0.29, 0.717) is 23.4 Å². The number of fused-ring (bicyclic) bond motifs is 2. The molecule has 31 heavy (non-hydrogen) atoms. The fourth-order valence-electron chi connectivity index (χ4n) is 3.85. The van der Waals surface area contributed by atoms with Crippen LogP contribution in [0.4, 0.5) is 5.69 Å². The predicted molar refractivity (Wildman–Crippen MR) is 117 cm³/mol. The van der Waals surface area contributed by atoms with Crippen molar-refractivity contribution in [1.29, 1.82) is 0 Å². The van der Waals surface area contributed by atoms with Crippen LogP contribution in [0.5, 0.6) is 0 Å². The molecule has 7 heteroatoms. The van der Waals surface area contributed by atoms with Gasteiger partial charge in [0.25, 0.3) is 11.8 Å². The molecule has 0 fully saturated rings. The van der Waals surface area contributed by atoms with E-state index in [4.69, 9.17) is 4.74 Å². The van der Waals surface area contributed by atoms with Crippen molar-refractivity contribution in [1.82, 2.24) is 10.3 Å². The number of benzene rings is 2. The maximum Gasteiger partial charge on any atom is 0.339 e. The number of hydrogen-bond acceptors (Lipinski definition) is 5. The fraction of sp³-hybridized carbons (Fsp3) is 0.250. The van der Waals surface area contributed by atoms with Gasteiger partial charge >= 0.3 is 5.97 Å². The molecule has 0 saturated heterocycles. The van der Waals surface area contributed by atoms with Crippen LogP contribution in [-0.2, 0) is 22.4 Å². The highest BCUT2D eigenvalue weighted by atomic mass is 16.5. The molecule has 0 spiro atoms. The maximum absolute atomic E-state index is 12.9. The van der Waals surface area contributed by atoms with Crippen LogP contribution >= 0.6 is 0 Å². The topological polar surface area (TPSA) is 97.4 Å². The molecule has 2 amide bonds. The monoisotopic (exact) mass is 417 g/mol. The molecule has 1 aliphatic rings. The highest BCUT2D eigenvalue weighted by Gasteiger charge is 2.25. The van der Waals surface area contributed by atoms with Crippen LogP contribution in [-0.4, -0.2) is 35.9 Å². The number of carbonyl (C=O) groups excluding carboxylic acids is 3. The summed E-state index contributed by atoms with van der Waals surface area (Å²) in [6.45, 7) is 1.92. The number of rotatable bonds is 6. The summed E-state index contributed by atoms with van der Waals surface area (Å²) in [5, 5.41) is 6.12. The maximum atomic E-state index is 12.9. The Morgan fingerprint density at radius 2 is 1.90 bits per heavy atom. The molecular formula is C24H23N3O4. The molecular weight excluding hydrogens is 394 g/mol. The highest BCUT2D eigenvalue weighted by Crippen LogP contribution is 2.30. The average Bonchev–Trinajstić information content (AvgIpc) is 3.24. The lowest BCUT2D eigenvalue weighted by atomic mass is 10.0. The van der Waals surface area contributed by atoms with Crippen molar-refractivity contribution in [2.75, 3.05) is 18.5 Å². The lowest BCUT2D eigenvalue weighted by Gasteiger charge is -2.12. The summed E-state index contributed by atoms with van der Waals surface area (Å²) in [6.07, 6.45) is 2.56. The number of esters is 1. The number of amides is 2. The molecule has 1 aliphatic carbocycles. The number of nitrogens with zero attached hydrogens (tertiary/aromatic N) is 1. The van der Waals surface area contributed by atoms with Crippen LogP contribution in [0, 0.1) is 0 Å². The zero-order chi connectivity index (χ0) is 21.8. The van der Waals surface area contributed by atoms with E-state index in [1.807, 2.05) is 31.2 Å². The Labute approximate surface area is 179 Å². The lowest BCUT2D eigenvalue weighted by Crippen LogP contribution is -2.24. The number of anilines is 1. The second-order valence-electron chi connectivity index (χ2n) is 7.35. The van der Waals surface area contributed by atoms with Crippen molar-refractivity contribution in [2.24, 2.45) is 0 Å². The van der Waals surface area contributed by atoms with E-state index >= 15 is 0 Å². The minimum atomic E-state index is -0.525. The number of pyridine rings is 1. The van der Waals surface area contributed by atoms with Crippen molar-refractivity contribution >= 4 is 34.4 Å². The van der Waals surface area contributed by atoms with Gasteiger partial charge < -0.3 is 15.4 Å². The first-order valence-electron chi connectivity index (χ1n) is 10.3. The smallest absolute Gasteiger partial charge is 0.339 e. The SMILES string of the molecule is CCNC(=O)c1cccc(NC(=O)COC(=O)c2c3c(nc4ccccc24)CCC3)c1. The van der Waals surface area contributed by atoms with E-state index in [1.165, 1.54) is 0 Å². The van der Waals surface area contributed by atoms with Gasteiger partial charge in [0.1, 0.15) is 0 Å². The summed E-state index contributed by atoms with van der Waals surface area (Å²) in [5.41, 5.74) is 4.00. The van der Waals surface area contributed by atoms with E-state index < -0.39 is 18.5 Å². The normalized spacial score (nSPS) is 12.3. The van der Waals surface area contributed by atoms with Gasteiger partial charge in [-0.2, -0.15) is 0 Å². The van der Waals surface area contributed by atoms with Crippen LogP contribution in [0.2, 0.25) is 0 Å². The minimum Gasteiger partial charge on any atom is -0.452 e. The van der Waals surface area contributed by atoms with Crippen LogP contribution in [0.15, 0.2) is 48.5 Å². The molecule has 7 nitrogen and oxygen atoms in total. The van der Waals surface area contributed by atoms with Gasteiger partial charge in [0.2, 0.25) is 0 Å². The van der Waals surface area contributed by atoms with Crippen molar-refractivity contribution in [2.45, 2.75) is 26.2 Å². The molecule has 0 bridgehead atoms. The van der Waals surface area contributed by atoms with E-state index in [0.717, 1.165) is 41.4 Å². The summed E-state index contributed by atoms with van der Waals surface area (Å²) in [6, 6.07) is 14.1. The van der Waals surface area contributed by atoms with Crippen LogP contribution in [0.25, 0.3) is 10.9 Å². The summed E-state index contributed by atoms with van der Waals surface area (Å²) in [4.78, 5) is 41.9. The average molecular weight is 417 g/mol. The summed E-state index contributed by atoms with van der Waals surface area (Å²) in [7, 11) is 0. The van der Waals surface area contributed by atoms with Gasteiger partial charge in [-0.1, -0.05) is 24.3 Å². The minimum absolute atomic E-state index is 0.219. The van der Waals surface area contributed by atoms with Crippen LogP contribution < -0.4 is 10.6 Å². The van der Waals surface area contributed by atoms with Crippen molar-refractivity contribution in [3.05, 3.63) is 70.9 Å². The third-order valence-electron chi connectivity index (χ3n) is 5.20. The molecule has 1 heterocycles. The summed E-state index contributed by atoms with van der Waals surface area (Å²) in [5.74, 6) is -1.22. The molecule has 0 radical (unpaired) electrons. The first-order valence-corrected chi connectivity index (χ1v) is 10.3. The Morgan fingerprint density at radius 1 is 1.06 bits per heavy atom. The number of hydrogen-bond donors (Lipinski definition) is 2. The molecule has 0 atom stereocenters. The quantitative estimate of drug-likeness (QED) is 0.600. The Bertz CT molecular complexity index is 1170. The van der Waals surface area contributed by atoms with Gasteiger partial charge in [-0.3, -0.25) is 14.6 Å². The number of aromatic nitrogens is 1. The Hall–Kier alpha value is -3.74. The molecule has 2 N–H and O–H groups in total. The molecule has 1 aromatic heterocycles. The highest BCUT2D eigenvalue weighted by molar-refractivity contribution is 6.06. The van der Waals surface area contributed by atoms with Crippen molar-refractivity contribution < 1.29 is 19.1 Å². The van der Waals surface area contributed by atoms with Crippen molar-refractivity contribution in [3.63, 3.8) is 0 Å². The van der Waals surface area contributed by atoms with E-state index in [-0.39, 0.29) is 5.91 Å². The number of para-hydroxylation sites is 1. The van der Waals surface area contributed by atoms with Gasteiger partial charge in [-0.25, -0.2) is 4.79 Å². The van der Waals surface area contributed by atoms with Crippen molar-refractivity contribution in [3.8, 4) is 0 Å². The van der Waals surface area contributed by atoms with Gasteiger partial charge in [0.15, 0.2) is 6.61 Å². The number of nitrogens with one attached hydrogen (secondary N) is 2. The van der Waals surface area contributed by atoms with E-state index in [9.17, 15) is 14.4 Å². The second kappa shape index (κ2) is 8.95. The standard InChI is InChI=1S/C24H23N3O4/c1-2-25-23(29)15-7-5-8-16(13-15)26-21(28)14-31-24(30)22-17-9-3-4-11-19(17)27-20-12-6-10-18(20)22/h3-5,7-9,11,13H,2,6,10,12,14H2,1H3,(H,25,29)(H,26,28). The molecule has 0 saturated carbocycles. The van der Waals surface area contributed by atoms with Gasteiger partial charge in [-0.15, -0.1) is 0 Å². The lowest BCUT2D eigenvalue weighted by molar-refractivity contribution is -0.119. The van der Waals surface area contributed by atoms with Gasteiger partial charge in [0, 0.05) is 28.9 Å². The summed E-state index contributed by atoms with van der Waals surface area (Å²) >= 11 is 0. The van der Waals surface area contributed by atoms with Gasteiger partial charge in [-0.05, 0) is 56.0 Å². The van der Waals surface area contributed by atoms with Crippen LogP contribution in [0.1, 0.15) is 45.3 Å². The zero-order valence-corrected chi connectivity index (χ0v) is 17.2. The Kier molecular flexibility index (Phi) is 5.93. The Balaban J connectivity index is 1.46. The van der Waals surface area contributed by atoms with Gasteiger partial charge in [0.05, 0.1) is 11.1 Å². The second-order valence-corrected chi connectivity index (χ2v) is 7.35. The zero-order valence-electron chi connectivity index (χ0n) is 17.2. The molecule has 3 aromatic rings. The third kappa shape index (κ3) is 4.40. The largest absolute Gasteiger partial charge is 0.452 e. The molecule has 2 aromatic carbocycles. The van der Waals surface area contributed by atoms with Crippen LogP contribution in [0.3, 0.4) is 0 Å². The number of aryl methyl sites for hydroxylation is 1. The molecule has 0 unspecified atom stereocenters. The fourth-order valence-corrected chi connectivity index (χ4v) is 3.85. The number of ether oxygens (including phenoxy) is 1. The molecule has 158 valence electrons. The summed E-state index contributed by atoms with van der Waals surface area (Å²) < 4.78 is 5.35. The molecule has 4 rings (SSSR count). The van der Waals surface area contributed by atoms with E-state index in [1.54, 1.807) is 24.3 Å². The number of carbonyl (C=O) groups is 3. The third-order valence-corrected chi connectivity index (χ3v) is 5.20. The molecule has 0 aliphatic heterocycles. The first-order chi connectivity index (χ1) is 15.1. The Morgan fingerprint density at radius 3 is 2.74 bits per heavy atom. The van der Waals surface area contributed by atoms with E-state index in [2.05, 4.69) is 15.6 Å².